The molecule has 4 heteroatoms. The number of halogens is 2. The van der Waals surface area contributed by atoms with Crippen molar-refractivity contribution in [2.75, 3.05) is 0 Å². The molecular formula is C13H6F2O2. The largest absolute Gasteiger partial charge is 0.456 e. The highest BCUT2D eigenvalue weighted by molar-refractivity contribution is 5.82. The second-order valence-electron chi connectivity index (χ2n) is 3.70. The van der Waals surface area contributed by atoms with Crippen molar-refractivity contribution in [1.82, 2.24) is 0 Å². The fourth-order valence-corrected chi connectivity index (χ4v) is 1.78. The lowest BCUT2D eigenvalue weighted by atomic mass is 10.1. The molecule has 0 aromatic heterocycles. The minimum absolute atomic E-state index is 0.0270. The van der Waals surface area contributed by atoms with Gasteiger partial charge < -0.3 is 4.42 Å². The molecule has 0 spiro atoms. The predicted molar refractivity (Wildman–Crippen MR) is 59.0 cm³/mol. The third kappa shape index (κ3) is 1.41. The zero-order valence-electron chi connectivity index (χ0n) is 8.54. The maximum atomic E-state index is 13.6. The van der Waals surface area contributed by atoms with Crippen LogP contribution in [0.3, 0.4) is 0 Å². The first-order chi connectivity index (χ1) is 8.16. The second kappa shape index (κ2) is 3.38. The number of hydrogen-bond donors (Lipinski definition) is 0. The van der Waals surface area contributed by atoms with Crippen molar-refractivity contribution in [2.24, 2.45) is 0 Å². The van der Waals surface area contributed by atoms with Gasteiger partial charge in [-0.2, -0.15) is 4.39 Å². The van der Waals surface area contributed by atoms with Crippen LogP contribution >= 0.6 is 0 Å². The number of fused-ring (bicyclic) bond motifs is 2. The lowest BCUT2D eigenvalue weighted by Gasteiger charge is -2.07. The van der Waals surface area contributed by atoms with Gasteiger partial charge in [0.1, 0.15) is 11.3 Å². The molecule has 0 saturated heterocycles. The molecule has 0 saturated carbocycles. The molecule has 0 radical (unpaired) electrons. The van der Waals surface area contributed by atoms with Gasteiger partial charge in [-0.25, -0.2) is 4.39 Å². The molecule has 1 aliphatic carbocycles. The fraction of sp³-hybridized carbons (Fsp3) is 0. The monoisotopic (exact) mass is 232 g/mol. The number of benzene rings is 2. The summed E-state index contributed by atoms with van der Waals surface area (Å²) < 4.78 is 32.0. The van der Waals surface area contributed by atoms with E-state index in [0.29, 0.717) is 11.0 Å². The van der Waals surface area contributed by atoms with Crippen molar-refractivity contribution < 1.29 is 13.2 Å². The van der Waals surface area contributed by atoms with Gasteiger partial charge in [-0.05, 0) is 12.1 Å². The van der Waals surface area contributed by atoms with Gasteiger partial charge in [-0.15, -0.1) is 0 Å². The summed E-state index contributed by atoms with van der Waals surface area (Å²) in [5.41, 5.74) is -0.514. The maximum absolute atomic E-state index is 13.6. The Morgan fingerprint density at radius 3 is 2.59 bits per heavy atom. The summed E-state index contributed by atoms with van der Waals surface area (Å²) in [5.74, 6) is -2.49. The molecule has 0 fully saturated rings. The van der Waals surface area contributed by atoms with E-state index in [0.717, 1.165) is 6.07 Å². The Labute approximate surface area is 94.4 Å². The molecule has 0 bridgehead atoms. The summed E-state index contributed by atoms with van der Waals surface area (Å²) in [4.78, 5) is 11.1. The highest BCUT2D eigenvalue weighted by Crippen LogP contribution is 2.29. The maximum Gasteiger partial charge on any atom is 0.220 e. The summed E-state index contributed by atoms with van der Waals surface area (Å²) in [6, 6.07) is 9.36. The normalized spacial score (nSPS) is 11.2. The van der Waals surface area contributed by atoms with Gasteiger partial charge in [0.25, 0.3) is 0 Å². The van der Waals surface area contributed by atoms with Gasteiger partial charge in [0, 0.05) is 11.5 Å². The van der Waals surface area contributed by atoms with Crippen molar-refractivity contribution in [2.45, 2.75) is 0 Å². The summed E-state index contributed by atoms with van der Waals surface area (Å²) in [5, 5.41) is 0.650. The fourth-order valence-electron chi connectivity index (χ4n) is 1.78. The Morgan fingerprint density at radius 2 is 1.76 bits per heavy atom. The highest BCUT2D eigenvalue weighted by atomic mass is 19.2. The number of para-hydroxylation sites is 1. The van der Waals surface area contributed by atoms with Crippen molar-refractivity contribution in [3.05, 3.63) is 58.3 Å². The molecule has 0 unspecified atom stereocenters. The van der Waals surface area contributed by atoms with Crippen molar-refractivity contribution >= 4 is 11.0 Å². The molecule has 1 aliphatic heterocycles. The molecule has 84 valence electrons. The van der Waals surface area contributed by atoms with Crippen LogP contribution in [0.1, 0.15) is 0 Å². The van der Waals surface area contributed by atoms with Crippen LogP contribution in [-0.2, 0) is 0 Å². The van der Waals surface area contributed by atoms with Crippen molar-refractivity contribution in [3.8, 4) is 11.3 Å². The van der Waals surface area contributed by atoms with E-state index in [-0.39, 0.29) is 11.3 Å². The van der Waals surface area contributed by atoms with Crippen LogP contribution in [0.15, 0.2) is 45.6 Å². The van der Waals surface area contributed by atoms with Crippen LogP contribution < -0.4 is 5.43 Å². The average Bonchev–Trinajstić information content (AvgIpc) is 2.34. The molecule has 0 N–H and O–H groups in total. The van der Waals surface area contributed by atoms with E-state index in [1.165, 1.54) is 6.07 Å². The Morgan fingerprint density at radius 1 is 1.00 bits per heavy atom. The SMILES string of the molecule is O=c1cc2oc3ccccc3cc-2c(F)c1F. The molecule has 2 aliphatic rings. The number of hydrogen-bond acceptors (Lipinski definition) is 2. The first-order valence-electron chi connectivity index (χ1n) is 4.97. The van der Waals surface area contributed by atoms with Crippen LogP contribution in [0.4, 0.5) is 8.78 Å². The Kier molecular flexibility index (Phi) is 1.98. The Balaban J connectivity index is 2.53. The van der Waals surface area contributed by atoms with E-state index in [4.69, 9.17) is 4.42 Å². The summed E-state index contributed by atoms with van der Waals surface area (Å²) in [6.45, 7) is 0. The third-order valence-corrected chi connectivity index (χ3v) is 2.61. The minimum atomic E-state index is -1.37. The van der Waals surface area contributed by atoms with E-state index < -0.39 is 17.1 Å². The molecule has 0 atom stereocenters. The summed E-state index contributed by atoms with van der Waals surface area (Å²) >= 11 is 0. The highest BCUT2D eigenvalue weighted by Gasteiger charge is 2.18. The Hall–Kier alpha value is -2.23. The van der Waals surface area contributed by atoms with Crippen molar-refractivity contribution in [1.29, 1.82) is 0 Å². The van der Waals surface area contributed by atoms with Gasteiger partial charge >= 0.3 is 0 Å². The van der Waals surface area contributed by atoms with Crippen LogP contribution in [0.5, 0.6) is 0 Å². The Bertz CT molecular complexity index is 746. The third-order valence-electron chi connectivity index (χ3n) is 2.61. The molecule has 17 heavy (non-hydrogen) atoms. The second-order valence-corrected chi connectivity index (χ2v) is 3.70. The number of rotatable bonds is 0. The zero-order chi connectivity index (χ0) is 12.0. The molecule has 0 amide bonds. The van der Waals surface area contributed by atoms with Crippen molar-refractivity contribution in [3.63, 3.8) is 0 Å². The quantitative estimate of drug-likeness (QED) is 0.557. The van der Waals surface area contributed by atoms with Gasteiger partial charge in [0.15, 0.2) is 5.82 Å². The summed E-state index contributed by atoms with van der Waals surface area (Å²) in [6.07, 6.45) is 0. The van der Waals surface area contributed by atoms with E-state index in [1.807, 2.05) is 0 Å². The average molecular weight is 232 g/mol. The van der Waals surface area contributed by atoms with Crippen LogP contribution in [-0.4, -0.2) is 0 Å². The van der Waals surface area contributed by atoms with E-state index in [9.17, 15) is 13.6 Å². The van der Waals surface area contributed by atoms with Crippen LogP contribution in [0, 0.1) is 11.6 Å². The van der Waals surface area contributed by atoms with E-state index in [2.05, 4.69) is 0 Å². The molecule has 2 nitrogen and oxygen atoms in total. The van der Waals surface area contributed by atoms with Crippen LogP contribution in [0.2, 0.25) is 0 Å². The zero-order valence-corrected chi connectivity index (χ0v) is 8.54. The predicted octanol–water partition coefficient (Wildman–Crippen LogP) is 3.18. The summed E-state index contributed by atoms with van der Waals surface area (Å²) in [7, 11) is 0. The standard InChI is InChI=1S/C13H6F2O2/c14-12-8-5-7-3-1-2-4-10(7)17-11(8)6-9(16)13(12)15/h1-6H. The lowest BCUT2D eigenvalue weighted by molar-refractivity contribution is 0.496. The van der Waals surface area contributed by atoms with Gasteiger partial charge in [0.05, 0.1) is 5.56 Å². The molecule has 1 aromatic carbocycles. The van der Waals surface area contributed by atoms with Gasteiger partial charge in [-0.1, -0.05) is 18.2 Å². The van der Waals surface area contributed by atoms with Crippen LogP contribution in [0.25, 0.3) is 22.3 Å². The van der Waals surface area contributed by atoms with E-state index >= 15 is 0 Å². The lowest BCUT2D eigenvalue weighted by Crippen LogP contribution is -2.10. The topological polar surface area (TPSA) is 30.2 Å². The minimum Gasteiger partial charge on any atom is -0.456 e. The molecular weight excluding hydrogens is 226 g/mol. The van der Waals surface area contributed by atoms with E-state index in [1.54, 1.807) is 24.3 Å². The smallest absolute Gasteiger partial charge is 0.220 e. The molecule has 1 aromatic rings. The molecule has 3 rings (SSSR count). The first-order valence-corrected chi connectivity index (χ1v) is 4.97. The molecule has 1 heterocycles. The van der Waals surface area contributed by atoms with Gasteiger partial charge in [0.2, 0.25) is 11.2 Å². The first kappa shape index (κ1) is 9.96. The van der Waals surface area contributed by atoms with Gasteiger partial charge in [-0.3, -0.25) is 4.79 Å².